The molecule has 0 saturated carbocycles. The number of aromatic nitrogens is 4. The molecular weight excluding hydrogens is 392 g/mol. The highest BCUT2D eigenvalue weighted by atomic mass is 16.2. The number of rotatable bonds is 4. The highest BCUT2D eigenvalue weighted by molar-refractivity contribution is 5.87. The van der Waals surface area contributed by atoms with Crippen LogP contribution in [0, 0.1) is 0 Å². The summed E-state index contributed by atoms with van der Waals surface area (Å²) in [5, 5.41) is 7.69. The van der Waals surface area contributed by atoms with Crippen LogP contribution in [-0.2, 0) is 22.4 Å². The van der Waals surface area contributed by atoms with E-state index in [1.54, 1.807) is 9.42 Å². The number of carbonyl (C=O) groups excluding carboxylic acids is 2. The van der Waals surface area contributed by atoms with Gasteiger partial charge < -0.3 is 10.2 Å². The van der Waals surface area contributed by atoms with Crippen LogP contribution in [0.15, 0.2) is 43.4 Å². The minimum absolute atomic E-state index is 0.0535. The Labute approximate surface area is 180 Å². The van der Waals surface area contributed by atoms with Crippen LogP contribution in [0.2, 0.25) is 0 Å². The second-order valence-corrected chi connectivity index (χ2v) is 8.19. The second-order valence-electron chi connectivity index (χ2n) is 8.19. The third-order valence-corrected chi connectivity index (χ3v) is 6.13. The number of nitrogens with one attached hydrogen (secondary N) is 1. The molecule has 31 heavy (non-hydrogen) atoms. The molecule has 8 heteroatoms. The Morgan fingerprint density at radius 1 is 1.26 bits per heavy atom. The van der Waals surface area contributed by atoms with E-state index in [4.69, 9.17) is 4.98 Å². The van der Waals surface area contributed by atoms with E-state index in [0.717, 1.165) is 36.2 Å². The Balaban J connectivity index is 1.45. The summed E-state index contributed by atoms with van der Waals surface area (Å²) in [5.41, 5.74) is 4.69. The smallest absolute Gasteiger partial charge is 0.245 e. The molecule has 3 aromatic rings. The fourth-order valence-electron chi connectivity index (χ4n) is 4.48. The molecule has 158 valence electrons. The van der Waals surface area contributed by atoms with Crippen LogP contribution in [0.5, 0.6) is 0 Å². The molecule has 1 fully saturated rings. The fraction of sp³-hybridized carbons (Fsp3) is 0.348. The van der Waals surface area contributed by atoms with Gasteiger partial charge >= 0.3 is 0 Å². The molecule has 1 aliphatic carbocycles. The Morgan fingerprint density at radius 2 is 2.16 bits per heavy atom. The fourth-order valence-corrected chi connectivity index (χ4v) is 4.48. The highest BCUT2D eigenvalue weighted by Crippen LogP contribution is 2.30. The Morgan fingerprint density at radius 3 is 3.03 bits per heavy atom. The van der Waals surface area contributed by atoms with E-state index in [1.807, 2.05) is 18.3 Å². The summed E-state index contributed by atoms with van der Waals surface area (Å²) in [6.45, 7) is 4.88. The lowest BCUT2D eigenvalue weighted by Crippen LogP contribution is -2.26. The molecule has 1 atom stereocenters. The standard InChI is InChI=1S/C23H24N6O2/c1-2-21(31)28-9-8-16(12-28)20-13-29-23(24-14-25-29)22(27-20)26-18-7-6-15-4-3-5-19(30)11-17(15)10-18/h2,6-7,10,13-14,16H,1,3-5,8-9,11-12H2,(H,26,27). The normalized spacial score (nSPS) is 18.6. The minimum Gasteiger partial charge on any atom is -0.338 e. The maximum atomic E-state index is 12.1. The first-order chi connectivity index (χ1) is 15.1. The third-order valence-electron chi connectivity index (χ3n) is 6.13. The number of hydrogen-bond acceptors (Lipinski definition) is 6. The van der Waals surface area contributed by atoms with E-state index in [1.165, 1.54) is 18.0 Å². The molecule has 3 heterocycles. The van der Waals surface area contributed by atoms with Crippen LogP contribution < -0.4 is 5.32 Å². The molecule has 1 aliphatic heterocycles. The summed E-state index contributed by atoms with van der Waals surface area (Å²) >= 11 is 0. The zero-order valence-corrected chi connectivity index (χ0v) is 17.3. The minimum atomic E-state index is -0.0535. The molecular formula is C23H24N6O2. The van der Waals surface area contributed by atoms with Crippen molar-refractivity contribution in [2.75, 3.05) is 18.4 Å². The summed E-state index contributed by atoms with van der Waals surface area (Å²) < 4.78 is 1.72. The van der Waals surface area contributed by atoms with Gasteiger partial charge in [0.25, 0.3) is 0 Å². The zero-order chi connectivity index (χ0) is 21.4. The second kappa shape index (κ2) is 7.94. The number of carbonyl (C=O) groups is 2. The molecule has 0 spiro atoms. The lowest BCUT2D eigenvalue weighted by atomic mass is 10.0. The number of anilines is 2. The van der Waals surface area contributed by atoms with Crippen molar-refractivity contribution in [1.82, 2.24) is 24.5 Å². The van der Waals surface area contributed by atoms with Gasteiger partial charge in [-0.05, 0) is 48.6 Å². The van der Waals surface area contributed by atoms with E-state index < -0.39 is 0 Å². The summed E-state index contributed by atoms with van der Waals surface area (Å²) in [5.74, 6) is 0.976. The maximum absolute atomic E-state index is 12.1. The number of nitrogens with zero attached hydrogens (tertiary/aromatic N) is 5. The van der Waals surface area contributed by atoms with Crippen molar-refractivity contribution in [3.8, 4) is 0 Å². The molecule has 1 unspecified atom stereocenters. The van der Waals surface area contributed by atoms with Gasteiger partial charge in [-0.25, -0.2) is 14.5 Å². The number of benzene rings is 1. The summed E-state index contributed by atoms with van der Waals surface area (Å²) in [6, 6.07) is 6.16. The predicted molar refractivity (Wildman–Crippen MR) is 116 cm³/mol. The first kappa shape index (κ1) is 19.4. The van der Waals surface area contributed by atoms with Gasteiger partial charge in [0.05, 0.1) is 11.9 Å². The Hall–Kier alpha value is -3.55. The molecule has 1 aromatic carbocycles. The molecule has 2 aromatic heterocycles. The van der Waals surface area contributed by atoms with Crippen LogP contribution in [0.4, 0.5) is 11.5 Å². The molecule has 0 bridgehead atoms. The number of Topliss-reactive ketones (excluding diaryl/α,β-unsaturated/α-hetero) is 1. The van der Waals surface area contributed by atoms with Gasteiger partial charge in [-0.1, -0.05) is 12.6 Å². The van der Waals surface area contributed by atoms with Crippen LogP contribution in [0.3, 0.4) is 0 Å². The number of amides is 1. The SMILES string of the molecule is C=CC(=O)N1CCC(c2cn3ncnc3c(Nc3ccc4c(c3)CC(=O)CCC4)n2)C1. The Kier molecular flexibility index (Phi) is 4.97. The number of aryl methyl sites for hydroxylation is 1. The van der Waals surface area contributed by atoms with E-state index in [2.05, 4.69) is 28.0 Å². The molecule has 0 radical (unpaired) electrons. The Bertz CT molecular complexity index is 1180. The largest absolute Gasteiger partial charge is 0.338 e. The lowest BCUT2D eigenvalue weighted by Gasteiger charge is -2.15. The van der Waals surface area contributed by atoms with Crippen molar-refractivity contribution in [3.63, 3.8) is 0 Å². The summed E-state index contributed by atoms with van der Waals surface area (Å²) in [7, 11) is 0. The first-order valence-corrected chi connectivity index (χ1v) is 10.6. The molecule has 5 rings (SSSR count). The first-order valence-electron chi connectivity index (χ1n) is 10.6. The number of likely N-dealkylation sites (tertiary alicyclic amines) is 1. The maximum Gasteiger partial charge on any atom is 0.245 e. The van der Waals surface area contributed by atoms with Crippen molar-refractivity contribution >= 4 is 28.8 Å². The summed E-state index contributed by atoms with van der Waals surface area (Å²) in [4.78, 5) is 35.0. The van der Waals surface area contributed by atoms with Gasteiger partial charge in [0.2, 0.25) is 5.91 Å². The van der Waals surface area contributed by atoms with Crippen molar-refractivity contribution in [2.24, 2.45) is 0 Å². The lowest BCUT2D eigenvalue weighted by molar-refractivity contribution is -0.125. The van der Waals surface area contributed by atoms with Gasteiger partial charge in [-0.2, -0.15) is 5.10 Å². The average molecular weight is 416 g/mol. The van der Waals surface area contributed by atoms with Crippen molar-refractivity contribution < 1.29 is 9.59 Å². The molecule has 2 aliphatic rings. The van der Waals surface area contributed by atoms with Crippen LogP contribution >= 0.6 is 0 Å². The third kappa shape index (κ3) is 3.81. The topological polar surface area (TPSA) is 92.5 Å². The van der Waals surface area contributed by atoms with Crippen molar-refractivity contribution in [3.05, 3.63) is 60.2 Å². The number of ketones is 1. The molecule has 1 N–H and O–H groups in total. The quantitative estimate of drug-likeness (QED) is 0.519. The highest BCUT2D eigenvalue weighted by Gasteiger charge is 2.28. The van der Waals surface area contributed by atoms with Gasteiger partial charge in [0, 0.05) is 37.5 Å². The molecule has 1 amide bonds. The van der Waals surface area contributed by atoms with Crippen molar-refractivity contribution in [2.45, 2.75) is 38.0 Å². The molecule has 8 nitrogen and oxygen atoms in total. The van der Waals surface area contributed by atoms with Gasteiger partial charge in [-0.15, -0.1) is 0 Å². The van der Waals surface area contributed by atoms with Gasteiger partial charge in [0.1, 0.15) is 12.1 Å². The van der Waals surface area contributed by atoms with E-state index >= 15 is 0 Å². The van der Waals surface area contributed by atoms with Gasteiger partial charge in [0.15, 0.2) is 11.5 Å². The van der Waals surface area contributed by atoms with Crippen LogP contribution in [0.1, 0.15) is 42.0 Å². The van der Waals surface area contributed by atoms with E-state index in [9.17, 15) is 9.59 Å². The average Bonchev–Trinajstić information content (AvgIpc) is 3.40. The van der Waals surface area contributed by atoms with Crippen molar-refractivity contribution in [1.29, 1.82) is 0 Å². The van der Waals surface area contributed by atoms with Crippen LogP contribution in [0.25, 0.3) is 5.65 Å². The number of fused-ring (bicyclic) bond motifs is 2. The van der Waals surface area contributed by atoms with Gasteiger partial charge in [-0.3, -0.25) is 9.59 Å². The van der Waals surface area contributed by atoms with E-state index in [0.29, 0.717) is 37.4 Å². The predicted octanol–water partition coefficient (Wildman–Crippen LogP) is 2.82. The monoisotopic (exact) mass is 416 g/mol. The number of hydrogen-bond donors (Lipinski definition) is 1. The van der Waals surface area contributed by atoms with E-state index in [-0.39, 0.29) is 17.6 Å². The summed E-state index contributed by atoms with van der Waals surface area (Å²) in [6.07, 6.45) is 8.56. The zero-order valence-electron chi connectivity index (χ0n) is 17.3. The molecule has 1 saturated heterocycles. The van der Waals surface area contributed by atoms with Crippen LogP contribution in [-0.4, -0.2) is 49.3 Å².